The minimum atomic E-state index is -1.27. The maximum atomic E-state index is 13.6. The van der Waals surface area contributed by atoms with E-state index >= 15 is 0 Å². The molecule has 0 saturated heterocycles. The second-order valence-electron chi connectivity index (χ2n) is 8.20. The van der Waals surface area contributed by atoms with Gasteiger partial charge in [-0.1, -0.05) is 26.0 Å². The Bertz CT molecular complexity index is 998. The molecule has 0 unspecified atom stereocenters. The first kappa shape index (κ1) is 23.5. The minimum absolute atomic E-state index is 0.0364. The number of ether oxygens (including phenoxy) is 2. The number of rotatable bonds is 8. The van der Waals surface area contributed by atoms with Crippen molar-refractivity contribution in [2.75, 3.05) is 31.8 Å². The molecule has 1 N–H and O–H groups in total. The molecule has 2 amide bonds. The molecular formula is C23H30N4O5. The summed E-state index contributed by atoms with van der Waals surface area (Å²) in [5.74, 6) is -1.03. The minimum Gasteiger partial charge on any atom is -0.461 e. The molecule has 2 heterocycles. The van der Waals surface area contributed by atoms with Crippen molar-refractivity contribution in [1.82, 2.24) is 15.1 Å². The molecule has 1 aromatic carbocycles. The van der Waals surface area contributed by atoms with E-state index in [2.05, 4.69) is 24.3 Å². The van der Waals surface area contributed by atoms with E-state index in [1.807, 2.05) is 24.3 Å². The number of carbonyl (C=O) groups is 3. The van der Waals surface area contributed by atoms with E-state index in [0.717, 1.165) is 5.56 Å². The van der Waals surface area contributed by atoms with Gasteiger partial charge in [-0.15, -0.1) is 0 Å². The Hall–Kier alpha value is -3.20. The van der Waals surface area contributed by atoms with Gasteiger partial charge in [0.1, 0.15) is 11.2 Å². The van der Waals surface area contributed by atoms with Gasteiger partial charge in [-0.2, -0.15) is 5.10 Å². The third-order valence-corrected chi connectivity index (χ3v) is 5.54. The van der Waals surface area contributed by atoms with Gasteiger partial charge >= 0.3 is 5.97 Å². The SMILES string of the molecule is CCOC(=O)c1cc2n(n1)C[C@](C)(C(=O)NCCOC)N(c1ccc(C(C)C)cc1)C2=O. The number of methoxy groups -OCH3 is 1. The summed E-state index contributed by atoms with van der Waals surface area (Å²) in [5.41, 5.74) is 0.709. The number of amides is 2. The van der Waals surface area contributed by atoms with Crippen molar-refractivity contribution in [2.24, 2.45) is 0 Å². The van der Waals surface area contributed by atoms with Crippen LogP contribution in [0.5, 0.6) is 0 Å². The highest BCUT2D eigenvalue weighted by molar-refractivity contribution is 6.12. The number of aromatic nitrogens is 2. The van der Waals surface area contributed by atoms with E-state index in [1.165, 1.54) is 15.6 Å². The highest BCUT2D eigenvalue weighted by Crippen LogP contribution is 2.33. The Labute approximate surface area is 187 Å². The van der Waals surface area contributed by atoms with Crippen LogP contribution < -0.4 is 10.2 Å². The van der Waals surface area contributed by atoms with Crippen molar-refractivity contribution in [1.29, 1.82) is 0 Å². The van der Waals surface area contributed by atoms with E-state index in [9.17, 15) is 14.4 Å². The lowest BCUT2D eigenvalue weighted by Gasteiger charge is -2.43. The summed E-state index contributed by atoms with van der Waals surface area (Å²) in [6.07, 6.45) is 0. The van der Waals surface area contributed by atoms with Gasteiger partial charge in [0.2, 0.25) is 5.91 Å². The zero-order chi connectivity index (χ0) is 23.5. The second kappa shape index (κ2) is 9.52. The van der Waals surface area contributed by atoms with Crippen LogP contribution in [0.4, 0.5) is 5.69 Å². The zero-order valence-corrected chi connectivity index (χ0v) is 19.2. The Balaban J connectivity index is 2.05. The molecule has 9 nitrogen and oxygen atoms in total. The molecule has 32 heavy (non-hydrogen) atoms. The normalized spacial score (nSPS) is 17.9. The van der Waals surface area contributed by atoms with Crippen molar-refractivity contribution < 1.29 is 23.9 Å². The van der Waals surface area contributed by atoms with E-state index in [-0.39, 0.29) is 30.4 Å². The van der Waals surface area contributed by atoms with Crippen molar-refractivity contribution >= 4 is 23.5 Å². The predicted molar refractivity (Wildman–Crippen MR) is 119 cm³/mol. The number of nitrogens with one attached hydrogen (secondary N) is 1. The van der Waals surface area contributed by atoms with Crippen LogP contribution >= 0.6 is 0 Å². The van der Waals surface area contributed by atoms with E-state index in [1.54, 1.807) is 21.0 Å². The predicted octanol–water partition coefficient (Wildman–Crippen LogP) is 2.36. The number of hydrogen-bond donors (Lipinski definition) is 1. The quantitative estimate of drug-likeness (QED) is 0.497. The molecule has 1 aliphatic rings. The lowest BCUT2D eigenvalue weighted by atomic mass is 9.93. The summed E-state index contributed by atoms with van der Waals surface area (Å²) in [6.45, 7) is 8.49. The summed E-state index contributed by atoms with van der Waals surface area (Å²) in [4.78, 5) is 40.5. The molecule has 1 aliphatic heterocycles. The molecular weight excluding hydrogens is 412 g/mol. The summed E-state index contributed by atoms with van der Waals surface area (Å²) in [5, 5.41) is 7.08. The molecule has 9 heteroatoms. The van der Waals surface area contributed by atoms with Crippen molar-refractivity contribution in [3.8, 4) is 0 Å². The van der Waals surface area contributed by atoms with Gasteiger partial charge in [0.05, 0.1) is 19.8 Å². The Morgan fingerprint density at radius 2 is 1.94 bits per heavy atom. The highest BCUT2D eigenvalue weighted by Gasteiger charge is 2.49. The lowest BCUT2D eigenvalue weighted by molar-refractivity contribution is -0.126. The molecule has 0 aliphatic carbocycles. The zero-order valence-electron chi connectivity index (χ0n) is 19.2. The second-order valence-corrected chi connectivity index (χ2v) is 8.20. The third kappa shape index (κ3) is 4.38. The fourth-order valence-electron chi connectivity index (χ4n) is 3.76. The van der Waals surface area contributed by atoms with Crippen molar-refractivity contribution in [3.63, 3.8) is 0 Å². The van der Waals surface area contributed by atoms with E-state index in [4.69, 9.17) is 9.47 Å². The van der Waals surface area contributed by atoms with Gasteiger partial charge < -0.3 is 14.8 Å². The Kier molecular flexibility index (Phi) is 6.98. The topological polar surface area (TPSA) is 103 Å². The highest BCUT2D eigenvalue weighted by atomic mass is 16.5. The first-order chi connectivity index (χ1) is 15.2. The monoisotopic (exact) mass is 442 g/mol. The average molecular weight is 443 g/mol. The standard InChI is InChI=1S/C23H30N4O5/c1-6-32-21(29)18-13-19-20(28)27(17-9-7-16(8-10-17)15(2)3)23(4,14-26(19)25-18)22(30)24-11-12-31-5/h7-10,13,15H,6,11-12,14H2,1-5H3,(H,24,30)/t23-/m1/s1. The van der Waals surface area contributed by atoms with E-state index < -0.39 is 17.4 Å². The number of nitrogens with zero attached hydrogens (tertiary/aromatic N) is 3. The van der Waals surface area contributed by atoms with Gasteiger partial charge in [-0.25, -0.2) is 4.79 Å². The van der Waals surface area contributed by atoms with Gasteiger partial charge in [0.15, 0.2) is 5.69 Å². The van der Waals surface area contributed by atoms with Gasteiger partial charge in [-0.05, 0) is 37.5 Å². The van der Waals surface area contributed by atoms with Crippen molar-refractivity contribution in [3.05, 3.63) is 47.3 Å². The van der Waals surface area contributed by atoms with Gasteiger partial charge in [0.25, 0.3) is 5.91 Å². The number of carbonyl (C=O) groups excluding carboxylic acids is 3. The first-order valence-electron chi connectivity index (χ1n) is 10.7. The number of fused-ring (bicyclic) bond motifs is 1. The van der Waals surface area contributed by atoms with Crippen LogP contribution in [0.2, 0.25) is 0 Å². The third-order valence-electron chi connectivity index (χ3n) is 5.54. The molecule has 0 fully saturated rings. The van der Waals surface area contributed by atoms with Crippen LogP contribution in [0.25, 0.3) is 0 Å². The molecule has 1 atom stereocenters. The van der Waals surface area contributed by atoms with Crippen LogP contribution in [0.15, 0.2) is 30.3 Å². The van der Waals surface area contributed by atoms with Crippen LogP contribution in [0.3, 0.4) is 0 Å². The van der Waals surface area contributed by atoms with Crippen LogP contribution in [-0.2, 0) is 20.8 Å². The number of hydrogen-bond acceptors (Lipinski definition) is 6. The lowest BCUT2D eigenvalue weighted by Crippen LogP contribution is -2.64. The molecule has 172 valence electrons. The van der Waals surface area contributed by atoms with Crippen LogP contribution in [0, 0.1) is 0 Å². The molecule has 0 spiro atoms. The fraction of sp³-hybridized carbons (Fsp3) is 0.478. The van der Waals surface area contributed by atoms with Crippen LogP contribution in [0.1, 0.15) is 60.2 Å². The van der Waals surface area contributed by atoms with Gasteiger partial charge in [0, 0.05) is 25.4 Å². The van der Waals surface area contributed by atoms with Crippen molar-refractivity contribution in [2.45, 2.75) is 45.7 Å². The molecule has 2 aromatic rings. The van der Waals surface area contributed by atoms with E-state index in [0.29, 0.717) is 24.8 Å². The number of benzene rings is 1. The summed E-state index contributed by atoms with van der Waals surface area (Å²) >= 11 is 0. The fourth-order valence-corrected chi connectivity index (χ4v) is 3.76. The summed E-state index contributed by atoms with van der Waals surface area (Å²) in [7, 11) is 1.55. The van der Waals surface area contributed by atoms with Gasteiger partial charge in [-0.3, -0.25) is 19.2 Å². The molecule has 3 rings (SSSR count). The first-order valence-corrected chi connectivity index (χ1v) is 10.7. The Morgan fingerprint density at radius 1 is 1.25 bits per heavy atom. The maximum absolute atomic E-state index is 13.6. The number of anilines is 1. The summed E-state index contributed by atoms with van der Waals surface area (Å²) < 4.78 is 11.5. The number of esters is 1. The molecule has 0 radical (unpaired) electrons. The largest absolute Gasteiger partial charge is 0.461 e. The average Bonchev–Trinajstić information content (AvgIpc) is 3.18. The summed E-state index contributed by atoms with van der Waals surface area (Å²) in [6, 6.07) is 9.00. The van der Waals surface area contributed by atoms with Crippen LogP contribution in [-0.4, -0.2) is 60.0 Å². The molecule has 0 bridgehead atoms. The maximum Gasteiger partial charge on any atom is 0.358 e. The smallest absolute Gasteiger partial charge is 0.358 e. The molecule has 0 saturated carbocycles. The Morgan fingerprint density at radius 3 is 2.53 bits per heavy atom. The molecule has 1 aromatic heterocycles.